The number of benzene rings is 1. The molecule has 1 rings (SSSR count). The van der Waals surface area contributed by atoms with Crippen molar-refractivity contribution >= 4 is 41.9 Å². The van der Waals surface area contributed by atoms with Crippen molar-refractivity contribution < 1.29 is 8.42 Å². The third-order valence-electron chi connectivity index (χ3n) is 2.33. The molecule has 3 nitrogen and oxygen atoms in total. The molecule has 6 heteroatoms. The normalized spacial score (nSPS) is 13.8. The Bertz CT molecular complexity index is 489. The summed E-state index contributed by atoms with van der Waals surface area (Å²) in [4.78, 5) is 0.431. The summed E-state index contributed by atoms with van der Waals surface area (Å²) in [6.07, 6.45) is 0.932. The van der Waals surface area contributed by atoms with Crippen LogP contribution in [0.5, 0.6) is 0 Å². The Labute approximate surface area is 126 Å². The van der Waals surface area contributed by atoms with Gasteiger partial charge in [-0.05, 0) is 30.5 Å². The minimum atomic E-state index is -3.42. The molecule has 1 aromatic carbocycles. The molecule has 0 heterocycles. The predicted octanol–water partition coefficient (Wildman–Crippen LogP) is 3.54. The van der Waals surface area contributed by atoms with Crippen molar-refractivity contribution in [2.45, 2.75) is 30.0 Å². The van der Waals surface area contributed by atoms with Crippen molar-refractivity contribution in [1.82, 2.24) is 4.72 Å². The summed E-state index contributed by atoms with van der Waals surface area (Å²) in [7, 11) is -3.42. The molecule has 1 unspecified atom stereocenters. The highest BCUT2D eigenvalue weighted by Crippen LogP contribution is 2.17. The van der Waals surface area contributed by atoms with Gasteiger partial charge in [-0.3, -0.25) is 0 Å². The van der Waals surface area contributed by atoms with E-state index in [0.29, 0.717) is 12.5 Å². The molecule has 0 aliphatic rings. The number of nitrogens with one attached hydrogen (secondary N) is 1. The van der Waals surface area contributed by atoms with Crippen LogP contribution < -0.4 is 4.72 Å². The SMILES string of the molecule is CC(C)CC(Br)CNS(=O)(=O)c1cccc(Br)c1. The van der Waals surface area contributed by atoms with Crippen molar-refractivity contribution in [3.05, 3.63) is 28.7 Å². The Hall–Kier alpha value is 0.0900. The van der Waals surface area contributed by atoms with Crippen molar-refractivity contribution in [1.29, 1.82) is 0 Å². The lowest BCUT2D eigenvalue weighted by Crippen LogP contribution is -2.30. The molecule has 1 N–H and O–H groups in total. The molecule has 0 saturated heterocycles. The van der Waals surface area contributed by atoms with Gasteiger partial charge in [-0.25, -0.2) is 13.1 Å². The maximum Gasteiger partial charge on any atom is 0.240 e. The number of halogens is 2. The molecule has 0 aromatic heterocycles. The molecule has 0 saturated carbocycles. The summed E-state index contributed by atoms with van der Waals surface area (Å²) >= 11 is 6.75. The van der Waals surface area contributed by atoms with Crippen molar-refractivity contribution in [3.8, 4) is 0 Å². The first-order valence-electron chi connectivity index (χ1n) is 5.70. The number of hydrogen-bond acceptors (Lipinski definition) is 2. The van der Waals surface area contributed by atoms with E-state index in [4.69, 9.17) is 0 Å². The minimum absolute atomic E-state index is 0.152. The second-order valence-corrected chi connectivity index (χ2v) is 8.51. The second-order valence-electron chi connectivity index (χ2n) is 4.54. The fourth-order valence-corrected chi connectivity index (χ4v) is 4.31. The molecular weight excluding hydrogens is 382 g/mol. The fourth-order valence-electron chi connectivity index (χ4n) is 1.51. The van der Waals surface area contributed by atoms with Crippen molar-refractivity contribution in [2.75, 3.05) is 6.54 Å². The van der Waals surface area contributed by atoms with Gasteiger partial charge in [0.2, 0.25) is 10.0 Å². The van der Waals surface area contributed by atoms with Gasteiger partial charge in [-0.2, -0.15) is 0 Å². The molecule has 1 aromatic rings. The second kappa shape index (κ2) is 7.03. The standard InChI is InChI=1S/C12H17Br2NO2S/c1-9(2)6-11(14)8-15-18(16,17)12-5-3-4-10(13)7-12/h3-5,7,9,11,15H,6,8H2,1-2H3. The average molecular weight is 399 g/mol. The first-order chi connectivity index (χ1) is 8.31. The van der Waals surface area contributed by atoms with Crippen molar-refractivity contribution in [3.63, 3.8) is 0 Å². The van der Waals surface area contributed by atoms with E-state index in [9.17, 15) is 8.42 Å². The van der Waals surface area contributed by atoms with Gasteiger partial charge in [0.25, 0.3) is 0 Å². The van der Waals surface area contributed by atoms with Crippen LogP contribution in [-0.2, 0) is 10.0 Å². The molecule has 0 spiro atoms. The summed E-state index contributed by atoms with van der Waals surface area (Å²) < 4.78 is 27.4. The Morgan fingerprint density at radius 1 is 1.33 bits per heavy atom. The molecule has 18 heavy (non-hydrogen) atoms. The Kier molecular flexibility index (Phi) is 6.30. The maximum atomic E-state index is 12.0. The van der Waals surface area contributed by atoms with Crippen LogP contribution in [0.3, 0.4) is 0 Å². The molecule has 0 aliphatic heterocycles. The highest BCUT2D eigenvalue weighted by molar-refractivity contribution is 9.10. The quantitative estimate of drug-likeness (QED) is 0.745. The predicted molar refractivity (Wildman–Crippen MR) is 81.5 cm³/mol. The third-order valence-corrected chi connectivity index (χ3v) is 4.94. The largest absolute Gasteiger partial charge is 0.240 e. The van der Waals surface area contributed by atoms with Gasteiger partial charge in [0, 0.05) is 15.8 Å². The van der Waals surface area contributed by atoms with Crippen LogP contribution in [0.15, 0.2) is 33.6 Å². The number of alkyl halides is 1. The summed E-state index contributed by atoms with van der Waals surface area (Å²) in [6.45, 7) is 4.61. The van der Waals surface area contributed by atoms with Crippen LogP contribution in [0.1, 0.15) is 20.3 Å². The highest BCUT2D eigenvalue weighted by atomic mass is 79.9. The summed E-state index contributed by atoms with van der Waals surface area (Å²) in [5.41, 5.74) is 0. The molecule has 102 valence electrons. The smallest absolute Gasteiger partial charge is 0.210 e. The lowest BCUT2D eigenvalue weighted by molar-refractivity contribution is 0.551. The first kappa shape index (κ1) is 16.1. The van der Waals surface area contributed by atoms with E-state index in [1.807, 2.05) is 0 Å². The lowest BCUT2D eigenvalue weighted by Gasteiger charge is -2.13. The first-order valence-corrected chi connectivity index (χ1v) is 8.89. The fraction of sp³-hybridized carbons (Fsp3) is 0.500. The molecule has 1 atom stereocenters. The molecule has 0 aliphatic carbocycles. The van der Waals surface area contributed by atoms with Crippen LogP contribution in [0, 0.1) is 5.92 Å². The number of sulfonamides is 1. The Balaban J connectivity index is 2.66. The van der Waals surface area contributed by atoms with E-state index < -0.39 is 10.0 Å². The van der Waals surface area contributed by atoms with E-state index in [-0.39, 0.29) is 9.72 Å². The zero-order valence-corrected chi connectivity index (χ0v) is 14.3. The summed E-state index contributed by atoms with van der Waals surface area (Å²) in [5.74, 6) is 0.532. The van der Waals surface area contributed by atoms with E-state index >= 15 is 0 Å². The molecule has 0 amide bonds. The number of hydrogen-bond donors (Lipinski definition) is 1. The molecule has 0 bridgehead atoms. The Morgan fingerprint density at radius 2 is 2.00 bits per heavy atom. The van der Waals surface area contributed by atoms with Gasteiger partial charge in [-0.1, -0.05) is 51.8 Å². The minimum Gasteiger partial charge on any atom is -0.210 e. The van der Waals surface area contributed by atoms with Crippen LogP contribution >= 0.6 is 31.9 Å². The van der Waals surface area contributed by atoms with E-state index in [1.165, 1.54) is 0 Å². The maximum absolute atomic E-state index is 12.0. The van der Waals surface area contributed by atoms with Crippen LogP contribution in [0.25, 0.3) is 0 Å². The summed E-state index contributed by atoms with van der Waals surface area (Å²) in [6, 6.07) is 6.68. The van der Waals surface area contributed by atoms with E-state index in [1.54, 1.807) is 24.3 Å². The molecule has 0 fully saturated rings. The van der Waals surface area contributed by atoms with Gasteiger partial charge < -0.3 is 0 Å². The highest BCUT2D eigenvalue weighted by Gasteiger charge is 2.16. The molecule has 0 radical (unpaired) electrons. The van der Waals surface area contributed by atoms with E-state index in [2.05, 4.69) is 50.4 Å². The summed E-state index contributed by atoms with van der Waals surface area (Å²) in [5, 5.41) is 0. The topological polar surface area (TPSA) is 46.2 Å². The van der Waals surface area contributed by atoms with Gasteiger partial charge in [-0.15, -0.1) is 0 Å². The van der Waals surface area contributed by atoms with Crippen LogP contribution in [0.2, 0.25) is 0 Å². The monoisotopic (exact) mass is 397 g/mol. The number of rotatable bonds is 6. The van der Waals surface area contributed by atoms with Crippen molar-refractivity contribution in [2.24, 2.45) is 5.92 Å². The zero-order valence-electron chi connectivity index (χ0n) is 10.4. The van der Waals surface area contributed by atoms with Crippen LogP contribution in [0.4, 0.5) is 0 Å². The average Bonchev–Trinajstić information content (AvgIpc) is 2.26. The zero-order chi connectivity index (χ0) is 13.8. The molecular formula is C12H17Br2NO2S. The van der Waals surface area contributed by atoms with Crippen LogP contribution in [-0.4, -0.2) is 19.8 Å². The Morgan fingerprint density at radius 3 is 2.56 bits per heavy atom. The van der Waals surface area contributed by atoms with Gasteiger partial charge in [0.05, 0.1) is 4.90 Å². The van der Waals surface area contributed by atoms with Gasteiger partial charge in [0.15, 0.2) is 0 Å². The lowest BCUT2D eigenvalue weighted by atomic mass is 10.1. The van der Waals surface area contributed by atoms with E-state index in [0.717, 1.165) is 10.9 Å². The van der Waals surface area contributed by atoms with Gasteiger partial charge >= 0.3 is 0 Å². The third kappa shape index (κ3) is 5.38. The van der Waals surface area contributed by atoms with Gasteiger partial charge in [0.1, 0.15) is 0 Å².